The molecule has 1 aromatic carbocycles. The van der Waals surface area contributed by atoms with Crippen molar-refractivity contribution in [2.45, 2.75) is 59.6 Å². The van der Waals surface area contributed by atoms with Gasteiger partial charge in [0.2, 0.25) is 0 Å². The van der Waals surface area contributed by atoms with E-state index in [1.165, 1.54) is 0 Å². The lowest BCUT2D eigenvalue weighted by Gasteiger charge is -2.42. The van der Waals surface area contributed by atoms with Gasteiger partial charge in [0.15, 0.2) is 0 Å². The van der Waals surface area contributed by atoms with E-state index in [0.29, 0.717) is 50.3 Å². The molecule has 0 spiro atoms. The van der Waals surface area contributed by atoms with Crippen LogP contribution >= 0.6 is 0 Å². The van der Waals surface area contributed by atoms with Crippen LogP contribution in [0.4, 0.5) is 4.79 Å². The molecule has 0 saturated carbocycles. The first-order valence-electron chi connectivity index (χ1n) is 12.2. The fourth-order valence-electron chi connectivity index (χ4n) is 4.39. The number of likely N-dealkylation sites (tertiary alicyclic amines) is 1. The van der Waals surface area contributed by atoms with Gasteiger partial charge >= 0.3 is 18.0 Å². The number of hydrogen-bond donors (Lipinski definition) is 1. The Morgan fingerprint density at radius 1 is 1.00 bits per heavy atom. The molecular formula is C26H37N3O6. The average Bonchev–Trinajstić information content (AvgIpc) is 3.16. The summed E-state index contributed by atoms with van der Waals surface area (Å²) in [5, 5.41) is 0.819. The van der Waals surface area contributed by atoms with Crippen LogP contribution in [0.15, 0.2) is 24.3 Å². The molecule has 35 heavy (non-hydrogen) atoms. The van der Waals surface area contributed by atoms with Gasteiger partial charge < -0.3 is 29.4 Å². The van der Waals surface area contributed by atoms with E-state index in [-0.39, 0.29) is 24.7 Å². The summed E-state index contributed by atoms with van der Waals surface area (Å²) >= 11 is 0. The van der Waals surface area contributed by atoms with Gasteiger partial charge in [-0.3, -0.25) is 0 Å². The first-order valence-corrected chi connectivity index (χ1v) is 12.2. The highest BCUT2D eigenvalue weighted by Gasteiger charge is 2.37. The predicted molar refractivity (Wildman–Crippen MR) is 132 cm³/mol. The minimum Gasteiger partial charge on any atom is -0.462 e. The van der Waals surface area contributed by atoms with Gasteiger partial charge in [-0.2, -0.15) is 0 Å². The van der Waals surface area contributed by atoms with Crippen LogP contribution in [-0.2, 0) is 20.8 Å². The van der Waals surface area contributed by atoms with E-state index < -0.39 is 17.5 Å². The van der Waals surface area contributed by atoms with Gasteiger partial charge in [-0.15, -0.1) is 0 Å². The van der Waals surface area contributed by atoms with Crippen molar-refractivity contribution in [3.05, 3.63) is 35.5 Å². The zero-order chi connectivity index (χ0) is 25.8. The van der Waals surface area contributed by atoms with Gasteiger partial charge in [0, 0.05) is 36.0 Å². The first kappa shape index (κ1) is 26.5. The van der Waals surface area contributed by atoms with E-state index in [9.17, 15) is 14.4 Å². The summed E-state index contributed by atoms with van der Waals surface area (Å²) in [5.74, 6) is -0.848. The molecule has 1 amide bonds. The number of piperidine rings is 1. The second-order valence-corrected chi connectivity index (χ2v) is 10.0. The van der Waals surface area contributed by atoms with Crippen LogP contribution in [0.25, 0.3) is 10.9 Å². The van der Waals surface area contributed by atoms with Crippen LogP contribution < -0.4 is 5.73 Å². The molecule has 1 aromatic heterocycles. The van der Waals surface area contributed by atoms with Crippen molar-refractivity contribution in [2.24, 2.45) is 11.1 Å². The van der Waals surface area contributed by atoms with E-state index in [1.54, 1.807) is 43.0 Å². The first-order chi connectivity index (χ1) is 16.5. The van der Waals surface area contributed by atoms with E-state index in [1.807, 2.05) is 25.3 Å². The Balaban J connectivity index is 1.93. The average molecular weight is 488 g/mol. The zero-order valence-corrected chi connectivity index (χ0v) is 21.4. The monoisotopic (exact) mass is 487 g/mol. The molecule has 3 rings (SSSR count). The number of hydrogen-bond acceptors (Lipinski definition) is 7. The Morgan fingerprint density at radius 3 is 2.20 bits per heavy atom. The van der Waals surface area contributed by atoms with E-state index in [2.05, 4.69) is 0 Å². The molecule has 1 aliphatic rings. The molecule has 1 aliphatic heterocycles. The number of amides is 1. The highest BCUT2D eigenvalue weighted by molar-refractivity contribution is 5.99. The van der Waals surface area contributed by atoms with E-state index in [0.717, 1.165) is 10.9 Å². The Bertz CT molecular complexity index is 1080. The van der Waals surface area contributed by atoms with Gasteiger partial charge in [-0.1, -0.05) is 6.07 Å². The molecule has 9 heteroatoms. The molecular weight excluding hydrogens is 450 g/mol. The molecule has 2 N–H and O–H groups in total. The highest BCUT2D eigenvalue weighted by Crippen LogP contribution is 2.35. The summed E-state index contributed by atoms with van der Waals surface area (Å²) in [6.07, 6.45) is 0.977. The molecule has 0 radical (unpaired) electrons. The van der Waals surface area contributed by atoms with Crippen molar-refractivity contribution in [2.75, 3.05) is 32.8 Å². The van der Waals surface area contributed by atoms with Gasteiger partial charge in [0.1, 0.15) is 11.3 Å². The van der Waals surface area contributed by atoms with Crippen molar-refractivity contribution in [3.63, 3.8) is 0 Å². The van der Waals surface area contributed by atoms with Crippen LogP contribution in [0.5, 0.6) is 0 Å². The third-order valence-corrected chi connectivity index (χ3v) is 6.30. The topological polar surface area (TPSA) is 113 Å². The van der Waals surface area contributed by atoms with Crippen molar-refractivity contribution >= 4 is 28.9 Å². The molecule has 2 heterocycles. The molecule has 0 atom stereocenters. The minimum atomic E-state index is -0.561. The number of nitrogens with zero attached hydrogens (tertiary/aromatic N) is 2. The quantitative estimate of drug-likeness (QED) is 0.464. The van der Waals surface area contributed by atoms with Crippen molar-refractivity contribution in [1.82, 2.24) is 9.47 Å². The molecule has 1 saturated heterocycles. The van der Waals surface area contributed by atoms with Gasteiger partial charge in [-0.05, 0) is 72.2 Å². The SMILES string of the molecule is CCOC(=O)c1ccc2cc(C(=O)OCC)n(CC3(CN)CCN(C(=O)OC(C)(C)C)CC3)c2c1. The third kappa shape index (κ3) is 6.14. The smallest absolute Gasteiger partial charge is 0.410 e. The lowest BCUT2D eigenvalue weighted by Crippen LogP contribution is -2.49. The second-order valence-electron chi connectivity index (χ2n) is 10.0. The van der Waals surface area contributed by atoms with Crippen LogP contribution in [0.3, 0.4) is 0 Å². The van der Waals surface area contributed by atoms with Gasteiger partial charge in [-0.25, -0.2) is 14.4 Å². The zero-order valence-electron chi connectivity index (χ0n) is 21.4. The molecule has 2 aromatic rings. The summed E-state index contributed by atoms with van der Waals surface area (Å²) in [7, 11) is 0. The number of ether oxygens (including phenoxy) is 3. The third-order valence-electron chi connectivity index (χ3n) is 6.30. The Hall–Kier alpha value is -3.07. The maximum Gasteiger partial charge on any atom is 0.410 e. The Kier molecular flexibility index (Phi) is 8.10. The molecule has 0 unspecified atom stereocenters. The van der Waals surface area contributed by atoms with Crippen LogP contribution in [0.1, 0.15) is 68.3 Å². The number of nitrogens with two attached hydrogens (primary N) is 1. The van der Waals surface area contributed by atoms with Gasteiger partial charge in [0.25, 0.3) is 0 Å². The lowest BCUT2D eigenvalue weighted by atomic mass is 9.78. The number of fused-ring (bicyclic) bond motifs is 1. The minimum absolute atomic E-state index is 0.251. The molecule has 9 nitrogen and oxygen atoms in total. The predicted octanol–water partition coefficient (Wildman–Crippen LogP) is 3.97. The lowest BCUT2D eigenvalue weighted by molar-refractivity contribution is 0.00886. The van der Waals surface area contributed by atoms with E-state index in [4.69, 9.17) is 19.9 Å². The second kappa shape index (κ2) is 10.7. The number of carbonyl (C=O) groups is 3. The van der Waals surface area contributed by atoms with Gasteiger partial charge in [0.05, 0.1) is 18.8 Å². The summed E-state index contributed by atoms with van der Waals surface area (Å²) < 4.78 is 17.9. The molecule has 1 fully saturated rings. The summed E-state index contributed by atoms with van der Waals surface area (Å²) in [6, 6.07) is 7.02. The molecule has 192 valence electrons. The number of aromatic nitrogens is 1. The van der Waals surface area contributed by atoms with Crippen LogP contribution in [0.2, 0.25) is 0 Å². The normalized spacial score (nSPS) is 15.7. The maximum absolute atomic E-state index is 12.8. The van der Waals surface area contributed by atoms with Crippen LogP contribution in [0, 0.1) is 5.41 Å². The summed E-state index contributed by atoms with van der Waals surface area (Å²) in [5.41, 5.74) is 6.94. The number of carbonyl (C=O) groups excluding carboxylic acids is 3. The molecule has 0 aliphatic carbocycles. The fraction of sp³-hybridized carbons (Fsp3) is 0.577. The largest absolute Gasteiger partial charge is 0.462 e. The Labute approximate surface area is 206 Å². The number of rotatable bonds is 7. The van der Waals surface area contributed by atoms with Crippen LogP contribution in [-0.4, -0.2) is 65.9 Å². The summed E-state index contributed by atoms with van der Waals surface area (Å²) in [6.45, 7) is 11.4. The fourth-order valence-corrected chi connectivity index (χ4v) is 4.39. The summed E-state index contributed by atoms with van der Waals surface area (Å²) in [4.78, 5) is 39.4. The standard InChI is InChI=1S/C26H37N3O6/c1-6-33-22(30)19-9-8-18-14-21(23(31)34-7-2)29(20(18)15-19)17-26(16-27)10-12-28(13-11-26)24(32)35-25(3,4)5/h8-9,14-15H,6-7,10-13,16-17,27H2,1-5H3. The maximum atomic E-state index is 12.8. The Morgan fingerprint density at radius 2 is 1.63 bits per heavy atom. The number of benzene rings is 1. The highest BCUT2D eigenvalue weighted by atomic mass is 16.6. The van der Waals surface area contributed by atoms with Crippen molar-refractivity contribution in [1.29, 1.82) is 0 Å². The van der Waals surface area contributed by atoms with E-state index >= 15 is 0 Å². The van der Waals surface area contributed by atoms with Crippen molar-refractivity contribution in [3.8, 4) is 0 Å². The number of esters is 2. The molecule has 0 bridgehead atoms. The van der Waals surface area contributed by atoms with Crippen molar-refractivity contribution < 1.29 is 28.6 Å².